The molecule has 21 heavy (non-hydrogen) atoms. The SMILES string of the molecule is CC=CCC1CC=C(C)C=C1c1nccc2ccccc12. The van der Waals surface area contributed by atoms with E-state index in [0.717, 1.165) is 18.5 Å². The minimum atomic E-state index is 0.531. The Morgan fingerprint density at radius 2 is 2.10 bits per heavy atom. The van der Waals surface area contributed by atoms with Crippen LogP contribution in [0, 0.1) is 5.92 Å². The van der Waals surface area contributed by atoms with Crippen LogP contribution in [0.2, 0.25) is 0 Å². The third-order valence-electron chi connectivity index (χ3n) is 4.15. The van der Waals surface area contributed by atoms with Gasteiger partial charge in [-0.1, -0.05) is 54.1 Å². The molecule has 0 aliphatic heterocycles. The van der Waals surface area contributed by atoms with Crippen molar-refractivity contribution in [1.29, 1.82) is 0 Å². The third-order valence-corrected chi connectivity index (χ3v) is 4.15. The lowest BCUT2D eigenvalue weighted by molar-refractivity contribution is 0.682. The molecule has 1 unspecified atom stereocenters. The lowest BCUT2D eigenvalue weighted by atomic mass is 9.83. The molecule has 1 nitrogen and oxygen atoms in total. The monoisotopic (exact) mass is 275 g/mol. The molecule has 1 aromatic heterocycles. The average Bonchev–Trinajstić information content (AvgIpc) is 2.53. The fourth-order valence-electron chi connectivity index (χ4n) is 3.01. The highest BCUT2D eigenvalue weighted by atomic mass is 14.7. The molecule has 0 amide bonds. The number of benzene rings is 1. The van der Waals surface area contributed by atoms with Crippen LogP contribution >= 0.6 is 0 Å². The highest BCUT2D eigenvalue weighted by molar-refractivity contribution is 5.93. The predicted octanol–water partition coefficient (Wildman–Crippen LogP) is 5.55. The van der Waals surface area contributed by atoms with Gasteiger partial charge in [0.1, 0.15) is 0 Å². The summed E-state index contributed by atoms with van der Waals surface area (Å²) in [7, 11) is 0. The summed E-state index contributed by atoms with van der Waals surface area (Å²) in [4.78, 5) is 4.70. The maximum atomic E-state index is 4.70. The summed E-state index contributed by atoms with van der Waals surface area (Å²) >= 11 is 0. The van der Waals surface area contributed by atoms with Crippen molar-refractivity contribution in [3.05, 3.63) is 72.1 Å². The molecule has 0 bridgehead atoms. The zero-order valence-corrected chi connectivity index (χ0v) is 12.7. The smallest absolute Gasteiger partial charge is 0.0743 e. The molecule has 0 radical (unpaired) electrons. The van der Waals surface area contributed by atoms with Crippen LogP contribution in [0.3, 0.4) is 0 Å². The van der Waals surface area contributed by atoms with E-state index in [1.165, 1.54) is 21.9 Å². The standard InChI is InChI=1S/C20H21N/c1-3-4-7-16-11-10-15(2)14-19(16)20-18-9-6-5-8-17(18)12-13-21-20/h3-6,8-10,12-14,16H,7,11H2,1-2H3. The Morgan fingerprint density at radius 1 is 1.24 bits per heavy atom. The second kappa shape index (κ2) is 6.09. The van der Waals surface area contributed by atoms with E-state index in [2.05, 4.69) is 68.5 Å². The van der Waals surface area contributed by atoms with Gasteiger partial charge in [-0.05, 0) is 49.6 Å². The summed E-state index contributed by atoms with van der Waals surface area (Å²) in [6.07, 6.45) is 13.2. The molecule has 2 aromatic rings. The lowest BCUT2D eigenvalue weighted by Crippen LogP contribution is -2.08. The van der Waals surface area contributed by atoms with Crippen molar-refractivity contribution in [3.8, 4) is 0 Å². The van der Waals surface area contributed by atoms with E-state index in [1.54, 1.807) is 0 Å². The van der Waals surface area contributed by atoms with Crippen molar-refractivity contribution in [2.75, 3.05) is 0 Å². The summed E-state index contributed by atoms with van der Waals surface area (Å²) in [5, 5.41) is 2.52. The van der Waals surface area contributed by atoms with E-state index in [1.807, 2.05) is 6.20 Å². The van der Waals surface area contributed by atoms with Crippen LogP contribution in [0.25, 0.3) is 16.3 Å². The van der Waals surface area contributed by atoms with E-state index in [-0.39, 0.29) is 0 Å². The highest BCUT2D eigenvalue weighted by Gasteiger charge is 2.20. The van der Waals surface area contributed by atoms with Crippen LogP contribution in [-0.2, 0) is 0 Å². The number of rotatable bonds is 3. The van der Waals surface area contributed by atoms with Gasteiger partial charge in [-0.15, -0.1) is 0 Å². The highest BCUT2D eigenvalue weighted by Crippen LogP contribution is 2.36. The van der Waals surface area contributed by atoms with Crippen LogP contribution < -0.4 is 0 Å². The molecule has 0 fully saturated rings. The van der Waals surface area contributed by atoms with Crippen molar-refractivity contribution < 1.29 is 0 Å². The number of fused-ring (bicyclic) bond motifs is 1. The third kappa shape index (κ3) is 2.82. The molecule has 1 atom stereocenters. The zero-order valence-electron chi connectivity index (χ0n) is 12.7. The number of allylic oxidation sites excluding steroid dienone is 6. The van der Waals surface area contributed by atoms with E-state index in [9.17, 15) is 0 Å². The second-order valence-corrected chi connectivity index (χ2v) is 5.67. The van der Waals surface area contributed by atoms with Gasteiger partial charge in [-0.25, -0.2) is 0 Å². The van der Waals surface area contributed by atoms with Crippen LogP contribution in [0.1, 0.15) is 32.4 Å². The first kappa shape index (κ1) is 13.8. The van der Waals surface area contributed by atoms with Gasteiger partial charge >= 0.3 is 0 Å². The van der Waals surface area contributed by atoms with Gasteiger partial charge in [0, 0.05) is 11.6 Å². The molecular formula is C20H21N. The Kier molecular flexibility index (Phi) is 4.01. The van der Waals surface area contributed by atoms with Gasteiger partial charge < -0.3 is 0 Å². The summed E-state index contributed by atoms with van der Waals surface area (Å²) < 4.78 is 0. The summed E-state index contributed by atoms with van der Waals surface area (Å²) in [6.45, 7) is 4.26. The van der Waals surface area contributed by atoms with Crippen molar-refractivity contribution >= 4 is 16.3 Å². The van der Waals surface area contributed by atoms with Gasteiger partial charge in [0.15, 0.2) is 0 Å². The van der Waals surface area contributed by atoms with Gasteiger partial charge in [0.05, 0.1) is 5.69 Å². The first-order chi connectivity index (χ1) is 10.3. The van der Waals surface area contributed by atoms with E-state index < -0.39 is 0 Å². The fraction of sp³-hybridized carbons (Fsp3) is 0.250. The van der Waals surface area contributed by atoms with Crippen LogP contribution in [0.15, 0.2) is 66.4 Å². The Balaban J connectivity index is 2.11. The minimum absolute atomic E-state index is 0.531. The predicted molar refractivity (Wildman–Crippen MR) is 91.0 cm³/mol. The number of hydrogen-bond acceptors (Lipinski definition) is 1. The van der Waals surface area contributed by atoms with Crippen molar-refractivity contribution in [2.45, 2.75) is 26.7 Å². The van der Waals surface area contributed by atoms with Crippen LogP contribution in [0.5, 0.6) is 0 Å². The molecule has 1 aromatic carbocycles. The van der Waals surface area contributed by atoms with Crippen molar-refractivity contribution in [2.24, 2.45) is 5.92 Å². The molecule has 3 rings (SSSR count). The summed E-state index contributed by atoms with van der Waals surface area (Å²) in [6, 6.07) is 10.6. The van der Waals surface area contributed by atoms with E-state index >= 15 is 0 Å². The number of pyridine rings is 1. The van der Waals surface area contributed by atoms with Crippen LogP contribution in [0.4, 0.5) is 0 Å². The van der Waals surface area contributed by atoms with Crippen molar-refractivity contribution in [1.82, 2.24) is 4.98 Å². The minimum Gasteiger partial charge on any atom is -0.256 e. The van der Waals surface area contributed by atoms with Gasteiger partial charge in [0.25, 0.3) is 0 Å². The van der Waals surface area contributed by atoms with E-state index in [0.29, 0.717) is 5.92 Å². The topological polar surface area (TPSA) is 12.9 Å². The van der Waals surface area contributed by atoms with Crippen LogP contribution in [-0.4, -0.2) is 4.98 Å². The zero-order chi connectivity index (χ0) is 14.7. The maximum absolute atomic E-state index is 4.70. The molecular weight excluding hydrogens is 254 g/mol. The molecule has 106 valence electrons. The molecule has 0 N–H and O–H groups in total. The largest absolute Gasteiger partial charge is 0.256 e. The van der Waals surface area contributed by atoms with E-state index in [4.69, 9.17) is 4.98 Å². The normalized spacial score (nSPS) is 18.9. The second-order valence-electron chi connectivity index (χ2n) is 5.67. The molecule has 0 saturated heterocycles. The Morgan fingerprint density at radius 3 is 2.95 bits per heavy atom. The average molecular weight is 275 g/mol. The molecule has 1 heteroatoms. The Bertz CT molecular complexity index is 727. The number of aromatic nitrogens is 1. The summed E-state index contributed by atoms with van der Waals surface area (Å²) in [5.41, 5.74) is 3.87. The molecule has 0 saturated carbocycles. The first-order valence-corrected chi connectivity index (χ1v) is 7.63. The van der Waals surface area contributed by atoms with Gasteiger partial charge in [-0.2, -0.15) is 0 Å². The first-order valence-electron chi connectivity index (χ1n) is 7.63. The Hall–Kier alpha value is -2.15. The maximum Gasteiger partial charge on any atom is 0.0743 e. The molecule has 0 spiro atoms. The summed E-state index contributed by atoms with van der Waals surface area (Å²) in [5.74, 6) is 0.531. The van der Waals surface area contributed by atoms with Gasteiger partial charge in [-0.3, -0.25) is 4.98 Å². The fourth-order valence-corrected chi connectivity index (χ4v) is 3.01. The number of nitrogens with zero attached hydrogens (tertiary/aromatic N) is 1. The molecule has 1 aliphatic rings. The lowest BCUT2D eigenvalue weighted by Gasteiger charge is -2.22. The Labute approximate surface area is 126 Å². The van der Waals surface area contributed by atoms with Gasteiger partial charge in [0.2, 0.25) is 0 Å². The quantitative estimate of drug-likeness (QED) is 0.669. The van der Waals surface area contributed by atoms with Crippen molar-refractivity contribution in [3.63, 3.8) is 0 Å². The number of hydrogen-bond donors (Lipinski definition) is 0. The molecule has 1 aliphatic carbocycles. The molecule has 1 heterocycles.